The van der Waals surface area contributed by atoms with Gasteiger partial charge in [0.15, 0.2) is 5.78 Å². The molecule has 1 heterocycles. The van der Waals surface area contributed by atoms with Crippen LogP contribution in [0, 0.1) is 11.6 Å². The number of hydrogen-bond acceptors (Lipinski definition) is 10. The first kappa shape index (κ1) is 32.7. The van der Waals surface area contributed by atoms with E-state index in [9.17, 15) is 31.6 Å². The van der Waals surface area contributed by atoms with Gasteiger partial charge in [-0.05, 0) is 50.2 Å². The van der Waals surface area contributed by atoms with Crippen LogP contribution in [0.15, 0.2) is 58.0 Å². The first-order valence-corrected chi connectivity index (χ1v) is 14.4. The summed E-state index contributed by atoms with van der Waals surface area (Å²) in [6.45, 7) is 2.71. The molecule has 11 nitrogen and oxygen atoms in total. The van der Waals surface area contributed by atoms with Crippen LogP contribution in [0.25, 0.3) is 0 Å². The molecule has 0 aliphatic heterocycles. The lowest BCUT2D eigenvalue weighted by atomic mass is 10.0. The Balaban J connectivity index is 1.52. The molecule has 0 radical (unpaired) electrons. The Morgan fingerprint density at radius 1 is 1.07 bits per heavy atom. The number of Topliss-reactive ketones (excluding diaryl/α,β-unsaturated/α-hetero) is 1. The van der Waals surface area contributed by atoms with Gasteiger partial charge in [0.1, 0.15) is 35.5 Å². The summed E-state index contributed by atoms with van der Waals surface area (Å²) in [6.07, 6.45) is 1.12. The third-order valence-corrected chi connectivity index (χ3v) is 7.12. The summed E-state index contributed by atoms with van der Waals surface area (Å²) in [7, 11) is -4.27. The third kappa shape index (κ3) is 9.34. The topological polar surface area (TPSA) is 167 Å². The average molecular weight is 628 g/mol. The second-order valence-electron chi connectivity index (χ2n) is 9.19. The Labute approximate surface area is 245 Å². The molecule has 0 saturated carbocycles. The number of rotatable bonds is 14. The smallest absolute Gasteiger partial charge is 0.340 e. The lowest BCUT2D eigenvalue weighted by Gasteiger charge is -2.19. The molecule has 42 heavy (non-hydrogen) atoms. The molecule has 1 unspecified atom stereocenters. The van der Waals surface area contributed by atoms with Crippen molar-refractivity contribution in [2.45, 2.75) is 43.8 Å². The third-order valence-electron chi connectivity index (χ3n) is 5.74. The minimum Gasteiger partial charge on any atom is -0.467 e. The van der Waals surface area contributed by atoms with Crippen LogP contribution in [-0.4, -0.2) is 51.4 Å². The van der Waals surface area contributed by atoms with Gasteiger partial charge in [0.05, 0.1) is 41.5 Å². The molecule has 15 heteroatoms. The molecule has 0 aliphatic rings. The Morgan fingerprint density at radius 2 is 1.76 bits per heavy atom. The van der Waals surface area contributed by atoms with Crippen LogP contribution in [0.1, 0.15) is 46.7 Å². The van der Waals surface area contributed by atoms with Crippen molar-refractivity contribution in [3.8, 4) is 0 Å². The summed E-state index contributed by atoms with van der Waals surface area (Å²) in [5.74, 6) is -3.47. The largest absolute Gasteiger partial charge is 0.467 e. The van der Waals surface area contributed by atoms with E-state index in [2.05, 4.69) is 10.6 Å². The second-order valence-corrected chi connectivity index (χ2v) is 11.1. The zero-order valence-electron chi connectivity index (χ0n) is 22.5. The highest BCUT2D eigenvalue weighted by molar-refractivity contribution is 7.89. The number of halogens is 3. The number of nitrogens with two attached hydrogens (primary N) is 1. The van der Waals surface area contributed by atoms with Gasteiger partial charge in [-0.2, -0.15) is 0 Å². The number of carbonyl (C=O) groups is 3. The number of esters is 2. The van der Waals surface area contributed by atoms with Gasteiger partial charge >= 0.3 is 11.9 Å². The van der Waals surface area contributed by atoms with Crippen LogP contribution in [0.2, 0.25) is 5.02 Å². The molecule has 0 bridgehead atoms. The summed E-state index contributed by atoms with van der Waals surface area (Å²) < 4.78 is 66.2. The fourth-order valence-electron chi connectivity index (χ4n) is 3.77. The van der Waals surface area contributed by atoms with Gasteiger partial charge in [0.25, 0.3) is 0 Å². The maximum atomic E-state index is 13.4. The first-order chi connectivity index (χ1) is 19.7. The molecular formula is C27H28ClF2N3O8S. The van der Waals surface area contributed by atoms with Crippen molar-refractivity contribution in [2.24, 2.45) is 5.14 Å². The average Bonchev–Trinajstić information content (AvgIpc) is 3.42. The summed E-state index contributed by atoms with van der Waals surface area (Å²) in [5.41, 5.74) is -0.200. The maximum absolute atomic E-state index is 13.4. The van der Waals surface area contributed by atoms with E-state index < -0.39 is 63.0 Å². The van der Waals surface area contributed by atoms with Gasteiger partial charge < -0.3 is 24.5 Å². The van der Waals surface area contributed by atoms with Crippen molar-refractivity contribution in [1.29, 1.82) is 0 Å². The van der Waals surface area contributed by atoms with E-state index in [-0.39, 0.29) is 41.4 Å². The Kier molecular flexibility index (Phi) is 11.2. The number of nitrogens with one attached hydrogen (secondary N) is 2. The van der Waals surface area contributed by atoms with E-state index in [1.165, 1.54) is 19.3 Å². The van der Waals surface area contributed by atoms with Crippen LogP contribution in [-0.2, 0) is 30.8 Å². The minimum absolute atomic E-state index is 0.139. The highest BCUT2D eigenvalue weighted by Gasteiger charge is 2.23. The minimum atomic E-state index is -4.27. The van der Waals surface area contributed by atoms with Gasteiger partial charge in [-0.25, -0.2) is 27.1 Å². The lowest BCUT2D eigenvalue weighted by molar-refractivity contribution is -0.145. The van der Waals surface area contributed by atoms with Crippen molar-refractivity contribution in [3.05, 3.63) is 82.3 Å². The number of primary sulfonamides is 1. The van der Waals surface area contributed by atoms with E-state index in [4.69, 9.17) is 30.6 Å². The normalized spacial score (nSPS) is 12.8. The number of ether oxygens (including phenoxy) is 2. The fourth-order valence-corrected chi connectivity index (χ4v) is 4.87. The highest BCUT2D eigenvalue weighted by atomic mass is 35.5. The van der Waals surface area contributed by atoms with E-state index in [1.54, 1.807) is 19.1 Å². The monoisotopic (exact) mass is 627 g/mol. The van der Waals surface area contributed by atoms with Crippen molar-refractivity contribution < 1.29 is 45.5 Å². The number of sulfonamides is 1. The molecule has 0 fully saturated rings. The Hall–Kier alpha value is -3.85. The SMILES string of the molecule is CC(COC(=O)CCOC(=O)c1cc(S(N)(=O)=O)c(Cl)cc1NCc1ccco1)N[C@@H](C)C(=O)c1cc(F)cc(F)c1. The van der Waals surface area contributed by atoms with Crippen LogP contribution in [0.5, 0.6) is 0 Å². The van der Waals surface area contributed by atoms with Gasteiger partial charge in [-0.3, -0.25) is 9.59 Å². The van der Waals surface area contributed by atoms with Gasteiger partial charge in [0, 0.05) is 17.7 Å². The molecule has 3 rings (SSSR count). The first-order valence-electron chi connectivity index (χ1n) is 12.5. The summed E-state index contributed by atoms with van der Waals surface area (Å²) in [5, 5.41) is 10.8. The number of hydrogen-bond donors (Lipinski definition) is 3. The van der Waals surface area contributed by atoms with Crippen molar-refractivity contribution in [3.63, 3.8) is 0 Å². The molecule has 2 aromatic carbocycles. The predicted octanol–water partition coefficient (Wildman–Crippen LogP) is 3.81. The quantitative estimate of drug-likeness (QED) is 0.177. The number of benzene rings is 2. The van der Waals surface area contributed by atoms with E-state index in [1.807, 2.05) is 0 Å². The second kappa shape index (κ2) is 14.4. The number of anilines is 1. The number of ketones is 1. The fraction of sp³-hybridized carbons (Fsp3) is 0.296. The van der Waals surface area contributed by atoms with Crippen LogP contribution < -0.4 is 15.8 Å². The molecule has 4 N–H and O–H groups in total. The van der Waals surface area contributed by atoms with E-state index in [0.717, 1.165) is 18.2 Å². The van der Waals surface area contributed by atoms with Crippen LogP contribution in [0.3, 0.4) is 0 Å². The van der Waals surface area contributed by atoms with E-state index >= 15 is 0 Å². The number of carbonyl (C=O) groups excluding carboxylic acids is 3. The molecule has 0 spiro atoms. The lowest BCUT2D eigenvalue weighted by Crippen LogP contribution is -2.42. The Morgan fingerprint density at radius 3 is 2.38 bits per heavy atom. The standard InChI is InChI=1S/C27H28ClF2N3O8S/c1-15(33-16(2)26(35)17-8-18(29)10-19(30)9-17)14-41-25(34)5-7-40-27(36)21-11-24(42(31,37)38)22(28)12-23(21)32-13-20-4-3-6-39-20/h3-4,6,8-12,15-16,32-33H,5,7,13-14H2,1-2H3,(H2,31,37,38)/t15?,16-/m0/s1. The molecule has 0 saturated heterocycles. The van der Waals surface area contributed by atoms with Gasteiger partial charge in [-0.1, -0.05) is 11.6 Å². The summed E-state index contributed by atoms with van der Waals surface area (Å²) >= 11 is 6.06. The molecule has 0 aliphatic carbocycles. The predicted molar refractivity (Wildman–Crippen MR) is 147 cm³/mol. The van der Waals surface area contributed by atoms with Crippen molar-refractivity contribution in [1.82, 2.24) is 5.32 Å². The zero-order chi connectivity index (χ0) is 31.0. The molecule has 2 atom stereocenters. The molecular weight excluding hydrogens is 600 g/mol. The molecule has 226 valence electrons. The molecule has 0 amide bonds. The van der Waals surface area contributed by atoms with Gasteiger partial charge in [0.2, 0.25) is 10.0 Å². The zero-order valence-corrected chi connectivity index (χ0v) is 24.1. The molecule has 3 aromatic rings. The maximum Gasteiger partial charge on any atom is 0.340 e. The number of furan rings is 1. The van der Waals surface area contributed by atoms with Crippen LogP contribution in [0.4, 0.5) is 14.5 Å². The summed E-state index contributed by atoms with van der Waals surface area (Å²) in [6, 6.07) is 6.67. The van der Waals surface area contributed by atoms with Gasteiger partial charge in [-0.15, -0.1) is 0 Å². The van der Waals surface area contributed by atoms with Crippen LogP contribution >= 0.6 is 11.6 Å². The van der Waals surface area contributed by atoms with E-state index in [0.29, 0.717) is 11.8 Å². The van der Waals surface area contributed by atoms with Crippen molar-refractivity contribution >= 4 is 45.0 Å². The Bertz CT molecular complexity index is 1530. The van der Waals surface area contributed by atoms with Crippen molar-refractivity contribution in [2.75, 3.05) is 18.5 Å². The summed E-state index contributed by atoms with van der Waals surface area (Å²) in [4.78, 5) is 37.0. The molecule has 1 aromatic heterocycles. The highest BCUT2D eigenvalue weighted by Crippen LogP contribution is 2.29.